The minimum atomic E-state index is -0.909. The molecule has 0 saturated carbocycles. The van der Waals surface area contributed by atoms with E-state index in [2.05, 4.69) is 10.7 Å². The van der Waals surface area contributed by atoms with Crippen molar-refractivity contribution in [3.63, 3.8) is 0 Å². The molecule has 0 spiro atoms. The molecular weight excluding hydrogens is 146 g/mol. The smallest absolute Gasteiger partial charge is 0.404 e. The molecule has 3 N–H and O–H groups in total. The molecule has 0 aliphatic carbocycles. The average Bonchev–Trinajstić information content (AvgIpc) is 1.86. The van der Waals surface area contributed by atoms with Gasteiger partial charge in [-0.05, 0) is 6.92 Å². The molecule has 0 aromatic carbocycles. The van der Waals surface area contributed by atoms with Crippen LogP contribution in [-0.2, 0) is 4.74 Å². The second-order valence-corrected chi connectivity index (χ2v) is 2.12. The zero-order valence-corrected chi connectivity index (χ0v) is 6.28. The lowest BCUT2D eigenvalue weighted by molar-refractivity contribution is 0.0196. The summed E-state index contributed by atoms with van der Waals surface area (Å²) in [6.07, 6.45) is 2.67. The van der Waals surface area contributed by atoms with Gasteiger partial charge >= 0.3 is 6.09 Å². The third kappa shape index (κ3) is 4.23. The van der Waals surface area contributed by atoms with E-state index in [4.69, 9.17) is 17.3 Å². The number of terminal acetylenes is 1. The molecule has 0 aliphatic heterocycles. The predicted octanol–water partition coefficient (Wildman–Crippen LogP) is -0.146. The van der Waals surface area contributed by atoms with Gasteiger partial charge in [-0.2, -0.15) is 0 Å². The Hall–Kier alpha value is -1.21. The van der Waals surface area contributed by atoms with Gasteiger partial charge in [0.15, 0.2) is 0 Å². The predicted molar refractivity (Wildman–Crippen MR) is 39.6 cm³/mol. The van der Waals surface area contributed by atoms with Crippen molar-refractivity contribution in [2.45, 2.75) is 25.6 Å². The SMILES string of the molecule is C#CCC(O)[C@H](C)OC(N)=O. The van der Waals surface area contributed by atoms with Crippen LogP contribution >= 0.6 is 0 Å². The Kier molecular flexibility index (Phi) is 4.08. The highest BCUT2D eigenvalue weighted by Gasteiger charge is 2.15. The molecule has 0 rings (SSSR count). The van der Waals surface area contributed by atoms with Crippen molar-refractivity contribution in [3.8, 4) is 12.3 Å². The number of ether oxygens (including phenoxy) is 1. The van der Waals surface area contributed by atoms with Crippen LogP contribution < -0.4 is 5.73 Å². The Morgan fingerprint density at radius 1 is 1.91 bits per heavy atom. The normalized spacial score (nSPS) is 14.6. The Morgan fingerprint density at radius 3 is 2.82 bits per heavy atom. The first-order chi connectivity index (χ1) is 5.07. The number of primary amides is 1. The molecule has 0 aromatic rings. The van der Waals surface area contributed by atoms with Crippen molar-refractivity contribution in [1.82, 2.24) is 0 Å². The topological polar surface area (TPSA) is 72.6 Å². The van der Waals surface area contributed by atoms with E-state index in [1.54, 1.807) is 0 Å². The van der Waals surface area contributed by atoms with Gasteiger partial charge in [0.05, 0.1) is 0 Å². The summed E-state index contributed by atoms with van der Waals surface area (Å²) < 4.78 is 4.46. The molecule has 2 atom stereocenters. The summed E-state index contributed by atoms with van der Waals surface area (Å²) in [5.74, 6) is 2.24. The van der Waals surface area contributed by atoms with Crippen LogP contribution in [0.5, 0.6) is 0 Å². The third-order valence-corrected chi connectivity index (χ3v) is 1.17. The number of hydrogen-bond donors (Lipinski definition) is 2. The Bertz CT molecular complexity index is 173. The maximum Gasteiger partial charge on any atom is 0.404 e. The van der Waals surface area contributed by atoms with Crippen molar-refractivity contribution >= 4 is 6.09 Å². The molecule has 4 heteroatoms. The van der Waals surface area contributed by atoms with Crippen LogP contribution in [0.3, 0.4) is 0 Å². The Labute approximate surface area is 65.3 Å². The number of nitrogens with two attached hydrogens (primary N) is 1. The Morgan fingerprint density at radius 2 is 2.45 bits per heavy atom. The second-order valence-electron chi connectivity index (χ2n) is 2.12. The fourth-order valence-electron chi connectivity index (χ4n) is 0.548. The molecular formula is C7H11NO3. The molecule has 1 amide bonds. The second kappa shape index (κ2) is 4.58. The zero-order chi connectivity index (χ0) is 8.85. The average molecular weight is 157 g/mol. The van der Waals surface area contributed by atoms with E-state index in [0.717, 1.165) is 0 Å². The van der Waals surface area contributed by atoms with Gasteiger partial charge in [-0.15, -0.1) is 12.3 Å². The van der Waals surface area contributed by atoms with Crippen LogP contribution in [0, 0.1) is 12.3 Å². The van der Waals surface area contributed by atoms with Crippen LogP contribution in [0.1, 0.15) is 13.3 Å². The van der Waals surface area contributed by atoms with Crippen molar-refractivity contribution in [2.75, 3.05) is 0 Å². The maximum absolute atomic E-state index is 10.2. The minimum Gasteiger partial charge on any atom is -0.444 e. The van der Waals surface area contributed by atoms with E-state index in [9.17, 15) is 4.79 Å². The van der Waals surface area contributed by atoms with Gasteiger partial charge in [0.2, 0.25) is 0 Å². The first-order valence-corrected chi connectivity index (χ1v) is 3.15. The summed E-state index contributed by atoms with van der Waals surface area (Å²) in [6, 6.07) is 0. The summed E-state index contributed by atoms with van der Waals surface area (Å²) in [7, 11) is 0. The highest BCUT2D eigenvalue weighted by Crippen LogP contribution is 2.01. The maximum atomic E-state index is 10.2. The van der Waals surface area contributed by atoms with Crippen molar-refractivity contribution in [2.24, 2.45) is 5.73 Å². The molecule has 0 fully saturated rings. The van der Waals surface area contributed by atoms with Gasteiger partial charge < -0.3 is 15.6 Å². The standard InChI is InChI=1S/C7H11NO3/c1-3-4-6(9)5(2)11-7(8)10/h1,5-6,9H,4H2,2H3,(H2,8,10)/t5-,6?/m0/s1. The summed E-state index contributed by atoms with van der Waals surface area (Å²) >= 11 is 0. The molecule has 0 saturated heterocycles. The van der Waals surface area contributed by atoms with Crippen LogP contribution in [0.25, 0.3) is 0 Å². The van der Waals surface area contributed by atoms with Crippen LogP contribution in [0.4, 0.5) is 4.79 Å². The van der Waals surface area contributed by atoms with Gasteiger partial charge in [-0.3, -0.25) is 0 Å². The van der Waals surface area contributed by atoms with E-state index in [1.807, 2.05) is 0 Å². The van der Waals surface area contributed by atoms with E-state index >= 15 is 0 Å². The van der Waals surface area contributed by atoms with Gasteiger partial charge in [-0.1, -0.05) is 0 Å². The quantitative estimate of drug-likeness (QED) is 0.560. The third-order valence-electron chi connectivity index (χ3n) is 1.17. The summed E-state index contributed by atoms with van der Waals surface area (Å²) in [5, 5.41) is 9.09. The number of carbonyl (C=O) groups excluding carboxylic acids is 1. The van der Waals surface area contributed by atoms with Crippen molar-refractivity contribution in [1.29, 1.82) is 0 Å². The number of carbonyl (C=O) groups is 1. The van der Waals surface area contributed by atoms with Gasteiger partial charge in [0.25, 0.3) is 0 Å². The van der Waals surface area contributed by atoms with Crippen LogP contribution in [0.15, 0.2) is 0 Å². The van der Waals surface area contributed by atoms with Crippen molar-refractivity contribution in [3.05, 3.63) is 0 Å². The first-order valence-electron chi connectivity index (χ1n) is 3.15. The molecule has 0 bridgehead atoms. The van der Waals surface area contributed by atoms with E-state index in [1.165, 1.54) is 6.92 Å². The molecule has 0 aromatic heterocycles. The van der Waals surface area contributed by atoms with Gasteiger partial charge in [0.1, 0.15) is 12.2 Å². The fraction of sp³-hybridized carbons (Fsp3) is 0.571. The van der Waals surface area contributed by atoms with E-state index in [0.29, 0.717) is 0 Å². The number of rotatable bonds is 3. The molecule has 11 heavy (non-hydrogen) atoms. The highest BCUT2D eigenvalue weighted by atomic mass is 16.6. The van der Waals surface area contributed by atoms with E-state index in [-0.39, 0.29) is 6.42 Å². The largest absolute Gasteiger partial charge is 0.444 e. The summed E-state index contributed by atoms with van der Waals surface area (Å²) in [5.41, 5.74) is 4.70. The minimum absolute atomic E-state index is 0.147. The molecule has 0 radical (unpaired) electrons. The number of aliphatic hydroxyl groups excluding tert-OH is 1. The molecule has 4 nitrogen and oxygen atoms in total. The number of amides is 1. The molecule has 0 heterocycles. The lowest BCUT2D eigenvalue weighted by atomic mass is 10.2. The van der Waals surface area contributed by atoms with E-state index < -0.39 is 18.3 Å². The lowest BCUT2D eigenvalue weighted by Gasteiger charge is -2.15. The number of hydrogen-bond acceptors (Lipinski definition) is 3. The first kappa shape index (κ1) is 9.79. The van der Waals surface area contributed by atoms with Gasteiger partial charge in [0, 0.05) is 6.42 Å². The summed E-state index contributed by atoms with van der Waals surface area (Å²) in [6.45, 7) is 1.52. The monoisotopic (exact) mass is 157 g/mol. The Balaban J connectivity index is 3.74. The molecule has 0 aliphatic rings. The highest BCUT2D eigenvalue weighted by molar-refractivity contribution is 5.64. The van der Waals surface area contributed by atoms with Crippen LogP contribution in [-0.4, -0.2) is 23.4 Å². The van der Waals surface area contributed by atoms with Crippen molar-refractivity contribution < 1.29 is 14.6 Å². The molecule has 62 valence electrons. The summed E-state index contributed by atoms with van der Waals surface area (Å²) in [4.78, 5) is 10.2. The fourth-order valence-corrected chi connectivity index (χ4v) is 0.548. The zero-order valence-electron chi connectivity index (χ0n) is 6.28. The van der Waals surface area contributed by atoms with Crippen LogP contribution in [0.2, 0.25) is 0 Å². The number of aliphatic hydroxyl groups is 1. The van der Waals surface area contributed by atoms with Gasteiger partial charge in [-0.25, -0.2) is 4.79 Å². The lowest BCUT2D eigenvalue weighted by Crippen LogP contribution is -2.30. The molecule has 1 unspecified atom stereocenters.